The highest BCUT2D eigenvalue weighted by Gasteiger charge is 2.02. The Morgan fingerprint density at radius 3 is 2.14 bits per heavy atom. The van der Waals surface area contributed by atoms with Gasteiger partial charge in [-0.2, -0.15) is 0 Å². The van der Waals surface area contributed by atoms with Gasteiger partial charge in [0.05, 0.1) is 6.10 Å². The first kappa shape index (κ1) is 13.9. The van der Waals surface area contributed by atoms with E-state index in [1.54, 1.807) is 0 Å². The number of hydrogen-bond acceptors (Lipinski definition) is 2. The first-order valence-corrected chi connectivity index (χ1v) is 6.19. The molecule has 0 bridgehead atoms. The van der Waals surface area contributed by atoms with Gasteiger partial charge in [0.1, 0.15) is 0 Å². The van der Waals surface area contributed by atoms with E-state index in [2.05, 4.69) is 6.92 Å². The van der Waals surface area contributed by atoms with Crippen LogP contribution in [0.25, 0.3) is 0 Å². The van der Waals surface area contributed by atoms with Crippen molar-refractivity contribution in [3.8, 4) is 0 Å². The molecule has 0 saturated heterocycles. The molecule has 3 N–H and O–H groups in total. The summed E-state index contributed by atoms with van der Waals surface area (Å²) in [6.45, 7) is 2.93. The van der Waals surface area contributed by atoms with Crippen LogP contribution in [0.5, 0.6) is 0 Å². The standard InChI is InChI=1S/C12H27NO/c1-2-3-4-5-6-7-9-12(14)10-8-11-13/h12,14H,2-11,13H2,1H3. The van der Waals surface area contributed by atoms with Crippen molar-refractivity contribution in [2.45, 2.75) is 70.8 Å². The van der Waals surface area contributed by atoms with E-state index in [4.69, 9.17) is 5.73 Å². The second kappa shape index (κ2) is 11.0. The Balaban J connectivity index is 3.02. The Bertz CT molecular complexity index is 106. The Hall–Kier alpha value is -0.0800. The predicted molar refractivity (Wildman–Crippen MR) is 62.3 cm³/mol. The van der Waals surface area contributed by atoms with Gasteiger partial charge in [-0.05, 0) is 25.8 Å². The van der Waals surface area contributed by atoms with E-state index < -0.39 is 0 Å². The Labute approximate surface area is 88.9 Å². The molecule has 0 aromatic rings. The van der Waals surface area contributed by atoms with Crippen molar-refractivity contribution in [2.75, 3.05) is 6.54 Å². The molecule has 86 valence electrons. The number of aliphatic hydroxyl groups is 1. The molecular formula is C12H27NO. The third-order valence-corrected chi connectivity index (χ3v) is 2.63. The number of unbranched alkanes of at least 4 members (excludes halogenated alkanes) is 5. The molecule has 1 atom stereocenters. The van der Waals surface area contributed by atoms with Crippen LogP contribution in [0, 0.1) is 0 Å². The second-order valence-electron chi connectivity index (χ2n) is 4.14. The van der Waals surface area contributed by atoms with Crippen LogP contribution >= 0.6 is 0 Å². The van der Waals surface area contributed by atoms with E-state index in [1.165, 1.54) is 38.5 Å². The predicted octanol–water partition coefficient (Wildman–Crippen LogP) is 2.84. The van der Waals surface area contributed by atoms with Gasteiger partial charge in [-0.15, -0.1) is 0 Å². The van der Waals surface area contributed by atoms with E-state index in [0.29, 0.717) is 6.54 Å². The van der Waals surface area contributed by atoms with Gasteiger partial charge in [-0.3, -0.25) is 0 Å². The minimum absolute atomic E-state index is 0.107. The molecule has 0 saturated carbocycles. The minimum Gasteiger partial charge on any atom is -0.393 e. The highest BCUT2D eigenvalue weighted by atomic mass is 16.3. The number of nitrogens with two attached hydrogens (primary N) is 1. The highest BCUT2D eigenvalue weighted by molar-refractivity contribution is 4.56. The zero-order valence-electron chi connectivity index (χ0n) is 9.67. The molecule has 0 aromatic heterocycles. The number of hydrogen-bond donors (Lipinski definition) is 2. The third kappa shape index (κ3) is 10.0. The zero-order chi connectivity index (χ0) is 10.6. The van der Waals surface area contributed by atoms with Gasteiger partial charge >= 0.3 is 0 Å². The summed E-state index contributed by atoms with van der Waals surface area (Å²) >= 11 is 0. The van der Waals surface area contributed by atoms with Gasteiger partial charge in [-0.1, -0.05) is 45.4 Å². The zero-order valence-corrected chi connectivity index (χ0v) is 9.67. The summed E-state index contributed by atoms with van der Waals surface area (Å²) < 4.78 is 0. The van der Waals surface area contributed by atoms with Gasteiger partial charge < -0.3 is 10.8 Å². The average Bonchev–Trinajstić information content (AvgIpc) is 2.20. The van der Waals surface area contributed by atoms with Crippen molar-refractivity contribution >= 4 is 0 Å². The molecule has 0 aromatic carbocycles. The first-order valence-electron chi connectivity index (χ1n) is 6.19. The molecule has 2 heteroatoms. The fourth-order valence-electron chi connectivity index (χ4n) is 1.66. The molecule has 0 aliphatic heterocycles. The maximum atomic E-state index is 9.53. The SMILES string of the molecule is CCCCCCCCC(O)CCCN. The molecular weight excluding hydrogens is 174 g/mol. The van der Waals surface area contributed by atoms with E-state index in [1.807, 2.05) is 0 Å². The molecule has 0 radical (unpaired) electrons. The maximum Gasteiger partial charge on any atom is 0.0540 e. The summed E-state index contributed by atoms with van der Waals surface area (Å²) in [6, 6.07) is 0. The van der Waals surface area contributed by atoms with Crippen molar-refractivity contribution in [3.05, 3.63) is 0 Å². The molecule has 0 rings (SSSR count). The fourth-order valence-corrected chi connectivity index (χ4v) is 1.66. The highest BCUT2D eigenvalue weighted by Crippen LogP contribution is 2.10. The van der Waals surface area contributed by atoms with Crippen LogP contribution in [-0.4, -0.2) is 17.8 Å². The lowest BCUT2D eigenvalue weighted by atomic mass is 10.0. The Morgan fingerprint density at radius 1 is 0.929 bits per heavy atom. The summed E-state index contributed by atoms with van der Waals surface area (Å²) in [5.41, 5.74) is 5.38. The van der Waals surface area contributed by atoms with Crippen LogP contribution in [0.4, 0.5) is 0 Å². The molecule has 0 amide bonds. The van der Waals surface area contributed by atoms with Crippen molar-refractivity contribution in [3.63, 3.8) is 0 Å². The average molecular weight is 201 g/mol. The Kier molecular flexibility index (Phi) is 10.9. The van der Waals surface area contributed by atoms with Crippen LogP contribution in [0.1, 0.15) is 64.7 Å². The lowest BCUT2D eigenvalue weighted by Gasteiger charge is -2.08. The normalized spacial score (nSPS) is 13.1. The van der Waals surface area contributed by atoms with E-state index >= 15 is 0 Å². The second-order valence-corrected chi connectivity index (χ2v) is 4.14. The van der Waals surface area contributed by atoms with Crippen LogP contribution in [0.2, 0.25) is 0 Å². The molecule has 14 heavy (non-hydrogen) atoms. The molecule has 0 heterocycles. The molecule has 2 nitrogen and oxygen atoms in total. The largest absolute Gasteiger partial charge is 0.393 e. The van der Waals surface area contributed by atoms with E-state index in [0.717, 1.165) is 19.3 Å². The van der Waals surface area contributed by atoms with Crippen molar-refractivity contribution in [1.82, 2.24) is 0 Å². The van der Waals surface area contributed by atoms with Crippen LogP contribution < -0.4 is 5.73 Å². The summed E-state index contributed by atoms with van der Waals surface area (Å²) in [6.07, 6.45) is 10.5. The summed E-state index contributed by atoms with van der Waals surface area (Å²) in [7, 11) is 0. The topological polar surface area (TPSA) is 46.2 Å². The smallest absolute Gasteiger partial charge is 0.0540 e. The van der Waals surface area contributed by atoms with Gasteiger partial charge in [0.2, 0.25) is 0 Å². The van der Waals surface area contributed by atoms with Crippen LogP contribution in [-0.2, 0) is 0 Å². The number of rotatable bonds is 10. The monoisotopic (exact) mass is 201 g/mol. The minimum atomic E-state index is -0.107. The van der Waals surface area contributed by atoms with E-state index in [-0.39, 0.29) is 6.10 Å². The Morgan fingerprint density at radius 2 is 1.50 bits per heavy atom. The summed E-state index contributed by atoms with van der Waals surface area (Å²) in [5, 5.41) is 9.53. The summed E-state index contributed by atoms with van der Waals surface area (Å²) in [4.78, 5) is 0. The van der Waals surface area contributed by atoms with Crippen LogP contribution in [0.15, 0.2) is 0 Å². The maximum absolute atomic E-state index is 9.53. The van der Waals surface area contributed by atoms with E-state index in [9.17, 15) is 5.11 Å². The fraction of sp³-hybridized carbons (Fsp3) is 1.00. The lowest BCUT2D eigenvalue weighted by Crippen LogP contribution is -2.09. The van der Waals surface area contributed by atoms with Crippen molar-refractivity contribution in [2.24, 2.45) is 5.73 Å². The molecule has 0 aliphatic rings. The van der Waals surface area contributed by atoms with Crippen molar-refractivity contribution < 1.29 is 5.11 Å². The van der Waals surface area contributed by atoms with Gasteiger partial charge in [0.15, 0.2) is 0 Å². The first-order chi connectivity index (χ1) is 6.81. The lowest BCUT2D eigenvalue weighted by molar-refractivity contribution is 0.149. The third-order valence-electron chi connectivity index (χ3n) is 2.63. The van der Waals surface area contributed by atoms with Gasteiger partial charge in [0, 0.05) is 0 Å². The van der Waals surface area contributed by atoms with Crippen molar-refractivity contribution in [1.29, 1.82) is 0 Å². The van der Waals surface area contributed by atoms with Crippen LogP contribution in [0.3, 0.4) is 0 Å². The molecule has 0 spiro atoms. The van der Waals surface area contributed by atoms with Gasteiger partial charge in [0.25, 0.3) is 0 Å². The summed E-state index contributed by atoms with van der Waals surface area (Å²) in [5.74, 6) is 0. The molecule has 0 fully saturated rings. The quantitative estimate of drug-likeness (QED) is 0.534. The van der Waals surface area contributed by atoms with Gasteiger partial charge in [-0.25, -0.2) is 0 Å². The molecule has 1 unspecified atom stereocenters. The molecule has 0 aliphatic carbocycles. The number of aliphatic hydroxyl groups excluding tert-OH is 1.